The molecule has 7 nitrogen and oxygen atoms in total. The van der Waals surface area contributed by atoms with Crippen LogP contribution >= 0.6 is 11.3 Å². The summed E-state index contributed by atoms with van der Waals surface area (Å²) in [5.41, 5.74) is 6.09. The van der Waals surface area contributed by atoms with Gasteiger partial charge in [0.1, 0.15) is 17.2 Å². The molecule has 1 aliphatic rings. The molecule has 0 unspecified atom stereocenters. The molecule has 2 aromatic rings. The van der Waals surface area contributed by atoms with E-state index in [9.17, 15) is 9.59 Å². The van der Waals surface area contributed by atoms with Crippen LogP contribution in [0.3, 0.4) is 0 Å². The van der Waals surface area contributed by atoms with E-state index in [1.807, 2.05) is 18.7 Å². The largest absolute Gasteiger partial charge is 0.368 e. The fraction of sp³-hybridized carbons (Fsp3) is 0.500. The number of hydrogen-bond donors (Lipinski definition) is 1. The first-order chi connectivity index (χ1) is 11.5. The van der Waals surface area contributed by atoms with Gasteiger partial charge in [0.25, 0.3) is 5.91 Å². The number of primary amides is 1. The Morgan fingerprint density at radius 1 is 1.42 bits per heavy atom. The van der Waals surface area contributed by atoms with Gasteiger partial charge in [-0.05, 0) is 26.7 Å². The summed E-state index contributed by atoms with van der Waals surface area (Å²) in [6.07, 6.45) is 5.30. The standard InChI is InChI=1S/C16H21N5O2S/c1-10-14(24-11(2)19-10)16(23)21-6-3-4-12(8-21)15-18-5-7-20(15)9-13(17)22/h5,7,12H,3-4,6,8-9H2,1-2H3,(H2,17,22)/t12-/m1/s1. The Morgan fingerprint density at radius 3 is 2.88 bits per heavy atom. The van der Waals surface area contributed by atoms with Crippen molar-refractivity contribution < 1.29 is 9.59 Å². The maximum Gasteiger partial charge on any atom is 0.265 e. The number of imidazole rings is 1. The van der Waals surface area contributed by atoms with Crippen molar-refractivity contribution in [2.24, 2.45) is 5.73 Å². The number of aryl methyl sites for hydroxylation is 2. The zero-order chi connectivity index (χ0) is 17.3. The number of thiazole rings is 1. The highest BCUT2D eigenvalue weighted by Crippen LogP contribution is 2.28. The fourth-order valence-corrected chi connectivity index (χ4v) is 4.12. The summed E-state index contributed by atoms with van der Waals surface area (Å²) in [6, 6.07) is 0. The van der Waals surface area contributed by atoms with Crippen LogP contribution in [-0.4, -0.2) is 44.3 Å². The third-order valence-electron chi connectivity index (χ3n) is 4.25. The van der Waals surface area contributed by atoms with Gasteiger partial charge < -0.3 is 15.2 Å². The van der Waals surface area contributed by atoms with Crippen LogP contribution < -0.4 is 5.73 Å². The molecule has 8 heteroatoms. The first-order valence-corrected chi connectivity index (χ1v) is 8.80. The minimum Gasteiger partial charge on any atom is -0.368 e. The molecule has 24 heavy (non-hydrogen) atoms. The van der Waals surface area contributed by atoms with Crippen molar-refractivity contribution in [3.8, 4) is 0 Å². The van der Waals surface area contributed by atoms with Gasteiger partial charge in [-0.25, -0.2) is 9.97 Å². The minimum atomic E-state index is -0.395. The quantitative estimate of drug-likeness (QED) is 0.906. The van der Waals surface area contributed by atoms with E-state index in [0.29, 0.717) is 11.4 Å². The first-order valence-electron chi connectivity index (χ1n) is 7.98. The summed E-state index contributed by atoms with van der Waals surface area (Å²) in [6.45, 7) is 5.24. The van der Waals surface area contributed by atoms with E-state index in [0.717, 1.165) is 35.9 Å². The van der Waals surface area contributed by atoms with Gasteiger partial charge >= 0.3 is 0 Å². The van der Waals surface area contributed by atoms with Gasteiger partial charge in [-0.15, -0.1) is 11.3 Å². The highest BCUT2D eigenvalue weighted by Gasteiger charge is 2.29. The molecule has 1 aliphatic heterocycles. The predicted molar refractivity (Wildman–Crippen MR) is 90.9 cm³/mol. The van der Waals surface area contributed by atoms with Crippen LogP contribution in [0.5, 0.6) is 0 Å². The second-order valence-electron chi connectivity index (χ2n) is 6.12. The van der Waals surface area contributed by atoms with E-state index >= 15 is 0 Å². The summed E-state index contributed by atoms with van der Waals surface area (Å²) >= 11 is 1.44. The van der Waals surface area contributed by atoms with Crippen LogP contribution in [0.15, 0.2) is 12.4 Å². The highest BCUT2D eigenvalue weighted by atomic mass is 32.1. The molecule has 1 fully saturated rings. The molecule has 2 amide bonds. The number of likely N-dealkylation sites (tertiary alicyclic amines) is 1. The average molecular weight is 347 g/mol. The number of hydrogen-bond acceptors (Lipinski definition) is 5. The van der Waals surface area contributed by atoms with Crippen LogP contribution in [0.2, 0.25) is 0 Å². The molecule has 1 atom stereocenters. The number of nitrogens with two attached hydrogens (primary N) is 1. The molecule has 2 aromatic heterocycles. The van der Waals surface area contributed by atoms with E-state index in [2.05, 4.69) is 9.97 Å². The van der Waals surface area contributed by atoms with Crippen LogP contribution in [-0.2, 0) is 11.3 Å². The summed E-state index contributed by atoms with van der Waals surface area (Å²) in [7, 11) is 0. The van der Waals surface area contributed by atoms with Crippen molar-refractivity contribution in [1.29, 1.82) is 0 Å². The smallest absolute Gasteiger partial charge is 0.265 e. The Labute approximate surface area is 144 Å². The first kappa shape index (κ1) is 16.6. The Bertz CT molecular complexity index is 766. The summed E-state index contributed by atoms with van der Waals surface area (Å²) < 4.78 is 1.78. The summed E-state index contributed by atoms with van der Waals surface area (Å²) in [4.78, 5) is 35.3. The van der Waals surface area contributed by atoms with Crippen molar-refractivity contribution in [3.63, 3.8) is 0 Å². The van der Waals surface area contributed by atoms with Crippen molar-refractivity contribution >= 4 is 23.2 Å². The molecule has 0 saturated carbocycles. The van der Waals surface area contributed by atoms with Crippen molar-refractivity contribution in [2.75, 3.05) is 13.1 Å². The average Bonchev–Trinajstić information content (AvgIpc) is 3.12. The lowest BCUT2D eigenvalue weighted by Gasteiger charge is -2.32. The number of rotatable bonds is 4. The Hall–Kier alpha value is -2.22. The van der Waals surface area contributed by atoms with Crippen molar-refractivity contribution in [2.45, 2.75) is 39.2 Å². The highest BCUT2D eigenvalue weighted by molar-refractivity contribution is 7.13. The second-order valence-corrected chi connectivity index (χ2v) is 7.32. The van der Waals surface area contributed by atoms with E-state index in [1.54, 1.807) is 17.0 Å². The van der Waals surface area contributed by atoms with Gasteiger partial charge in [0.15, 0.2) is 0 Å². The normalized spacial score (nSPS) is 17.9. The second kappa shape index (κ2) is 6.72. The predicted octanol–water partition coefficient (Wildman–Crippen LogP) is 1.46. The molecule has 1 saturated heterocycles. The third-order valence-corrected chi connectivity index (χ3v) is 5.31. The SMILES string of the molecule is Cc1nc(C)c(C(=O)N2CCC[C@@H](c3nccn3CC(N)=O)C2)s1. The molecule has 3 rings (SSSR count). The molecule has 0 aliphatic carbocycles. The van der Waals surface area contributed by atoms with Crippen LogP contribution in [0.25, 0.3) is 0 Å². The van der Waals surface area contributed by atoms with E-state index in [1.165, 1.54) is 11.3 Å². The number of piperidine rings is 1. The van der Waals surface area contributed by atoms with Gasteiger partial charge in [-0.2, -0.15) is 0 Å². The number of aromatic nitrogens is 3. The molecular weight excluding hydrogens is 326 g/mol. The van der Waals surface area contributed by atoms with Crippen LogP contribution in [0.1, 0.15) is 45.0 Å². The van der Waals surface area contributed by atoms with Gasteiger partial charge in [-0.3, -0.25) is 9.59 Å². The molecule has 3 heterocycles. The maximum atomic E-state index is 12.8. The lowest BCUT2D eigenvalue weighted by molar-refractivity contribution is -0.118. The number of carbonyl (C=O) groups excluding carboxylic acids is 2. The summed E-state index contributed by atoms with van der Waals surface area (Å²) in [5, 5.41) is 0.904. The van der Waals surface area contributed by atoms with Gasteiger partial charge in [0.2, 0.25) is 5.91 Å². The van der Waals surface area contributed by atoms with Gasteiger partial charge in [0, 0.05) is 31.4 Å². The molecule has 128 valence electrons. The van der Waals surface area contributed by atoms with Gasteiger partial charge in [0.05, 0.1) is 10.7 Å². The molecule has 0 radical (unpaired) electrons. The Morgan fingerprint density at radius 2 is 2.21 bits per heavy atom. The van der Waals surface area contributed by atoms with Crippen LogP contribution in [0, 0.1) is 13.8 Å². The van der Waals surface area contributed by atoms with Crippen LogP contribution in [0.4, 0.5) is 0 Å². The molecule has 0 bridgehead atoms. The number of amides is 2. The topological polar surface area (TPSA) is 94.1 Å². The van der Waals surface area contributed by atoms with E-state index < -0.39 is 5.91 Å². The Kier molecular flexibility index (Phi) is 4.66. The zero-order valence-electron chi connectivity index (χ0n) is 13.9. The van der Waals surface area contributed by atoms with Crippen molar-refractivity contribution in [1.82, 2.24) is 19.4 Å². The van der Waals surface area contributed by atoms with Gasteiger partial charge in [-0.1, -0.05) is 0 Å². The molecular formula is C16H21N5O2S. The van der Waals surface area contributed by atoms with Crippen molar-refractivity contribution in [3.05, 3.63) is 33.8 Å². The maximum absolute atomic E-state index is 12.8. The van der Waals surface area contributed by atoms with E-state index in [-0.39, 0.29) is 18.4 Å². The molecule has 0 spiro atoms. The lowest BCUT2D eigenvalue weighted by Crippen LogP contribution is -2.40. The minimum absolute atomic E-state index is 0.0378. The molecule has 2 N–H and O–H groups in total. The molecule has 0 aromatic carbocycles. The zero-order valence-corrected chi connectivity index (χ0v) is 14.7. The summed E-state index contributed by atoms with van der Waals surface area (Å²) in [5.74, 6) is 0.583. The Balaban J connectivity index is 1.77. The third kappa shape index (κ3) is 3.33. The number of carbonyl (C=O) groups is 2. The van der Waals surface area contributed by atoms with E-state index in [4.69, 9.17) is 5.73 Å². The fourth-order valence-electron chi connectivity index (χ4n) is 3.23. The monoisotopic (exact) mass is 347 g/mol. The lowest BCUT2D eigenvalue weighted by atomic mass is 9.97. The number of nitrogens with zero attached hydrogens (tertiary/aromatic N) is 4.